The number of urea groups is 1. The lowest BCUT2D eigenvalue weighted by Gasteiger charge is -2.18. The number of ether oxygens (including phenoxy) is 1. The molecule has 7 heteroatoms. The Balaban J connectivity index is 1.54. The van der Waals surface area contributed by atoms with Gasteiger partial charge in [0.05, 0.1) is 18.3 Å². The van der Waals surface area contributed by atoms with E-state index in [0.717, 1.165) is 29.8 Å². The number of amides is 2. The molecular formula is C18H19N5O2. The second kappa shape index (κ2) is 6.43. The van der Waals surface area contributed by atoms with Crippen molar-refractivity contribution in [1.29, 1.82) is 0 Å². The Kier molecular flexibility index (Phi) is 3.97. The lowest BCUT2D eigenvalue weighted by atomic mass is 10.0. The molecule has 0 aliphatic carbocycles. The van der Waals surface area contributed by atoms with E-state index in [1.54, 1.807) is 16.8 Å². The number of benzene rings is 1. The van der Waals surface area contributed by atoms with Crippen molar-refractivity contribution >= 4 is 17.5 Å². The fourth-order valence-electron chi connectivity index (χ4n) is 3.09. The van der Waals surface area contributed by atoms with Crippen LogP contribution >= 0.6 is 0 Å². The number of hydrogen-bond donors (Lipinski definition) is 2. The number of hydrogen-bond acceptors (Lipinski definition) is 4. The predicted molar refractivity (Wildman–Crippen MR) is 93.8 cm³/mol. The van der Waals surface area contributed by atoms with Gasteiger partial charge < -0.3 is 10.1 Å². The molecule has 2 aromatic heterocycles. The van der Waals surface area contributed by atoms with Crippen LogP contribution in [0.5, 0.6) is 5.75 Å². The van der Waals surface area contributed by atoms with Crippen LogP contribution in [-0.2, 0) is 0 Å². The van der Waals surface area contributed by atoms with Gasteiger partial charge in [-0.1, -0.05) is 18.2 Å². The van der Waals surface area contributed by atoms with Crippen LogP contribution in [0.4, 0.5) is 10.6 Å². The van der Waals surface area contributed by atoms with E-state index >= 15 is 0 Å². The quantitative estimate of drug-likeness (QED) is 0.753. The molecule has 0 fully saturated rings. The van der Waals surface area contributed by atoms with E-state index in [4.69, 9.17) is 4.74 Å². The SMILES string of the molecule is Cc1cc2nccc(NC(=O)NC3CCCOc4ccccc43)n2n1. The molecule has 1 unspecified atom stereocenters. The predicted octanol–water partition coefficient (Wildman–Crippen LogP) is 3.07. The Morgan fingerprint density at radius 1 is 1.32 bits per heavy atom. The van der Waals surface area contributed by atoms with Gasteiger partial charge in [0, 0.05) is 17.8 Å². The minimum absolute atomic E-state index is 0.0876. The van der Waals surface area contributed by atoms with E-state index in [9.17, 15) is 4.79 Å². The Bertz CT molecular complexity index is 921. The third kappa shape index (κ3) is 3.13. The first kappa shape index (κ1) is 15.4. The summed E-state index contributed by atoms with van der Waals surface area (Å²) in [6.45, 7) is 2.55. The Morgan fingerprint density at radius 3 is 3.12 bits per heavy atom. The van der Waals surface area contributed by atoms with Gasteiger partial charge in [0.1, 0.15) is 11.6 Å². The summed E-state index contributed by atoms with van der Waals surface area (Å²) in [6, 6.07) is 11.1. The molecule has 0 saturated carbocycles. The standard InChI is InChI=1S/C18H19N5O2/c1-12-11-17-19-9-8-16(23(17)22-12)21-18(24)20-14-6-4-10-25-15-7-3-2-5-13(14)15/h2-3,5,7-9,11,14H,4,6,10H2,1H3,(H2,20,21,24). The molecule has 1 aromatic carbocycles. The second-order valence-corrected chi connectivity index (χ2v) is 6.07. The summed E-state index contributed by atoms with van der Waals surface area (Å²) in [6.07, 6.45) is 3.37. The van der Waals surface area contributed by atoms with Crippen LogP contribution in [0, 0.1) is 6.92 Å². The monoisotopic (exact) mass is 337 g/mol. The van der Waals surface area contributed by atoms with Crippen molar-refractivity contribution in [3.8, 4) is 5.75 Å². The molecule has 3 heterocycles. The van der Waals surface area contributed by atoms with Crippen LogP contribution in [0.3, 0.4) is 0 Å². The zero-order chi connectivity index (χ0) is 17.2. The summed E-state index contributed by atoms with van der Waals surface area (Å²) < 4.78 is 7.37. The van der Waals surface area contributed by atoms with Crippen molar-refractivity contribution in [2.75, 3.05) is 11.9 Å². The summed E-state index contributed by atoms with van der Waals surface area (Å²) in [7, 11) is 0. The maximum Gasteiger partial charge on any atom is 0.320 e. The first-order chi connectivity index (χ1) is 12.2. The van der Waals surface area contributed by atoms with Gasteiger partial charge in [-0.15, -0.1) is 0 Å². The highest BCUT2D eigenvalue weighted by molar-refractivity contribution is 5.89. The van der Waals surface area contributed by atoms with Crippen LogP contribution in [0.1, 0.15) is 30.1 Å². The molecule has 7 nitrogen and oxygen atoms in total. The first-order valence-corrected chi connectivity index (χ1v) is 8.31. The number of nitrogens with zero attached hydrogens (tertiary/aromatic N) is 3. The van der Waals surface area contributed by atoms with Crippen molar-refractivity contribution in [3.63, 3.8) is 0 Å². The fraction of sp³-hybridized carbons (Fsp3) is 0.278. The molecule has 2 amide bonds. The van der Waals surface area contributed by atoms with Gasteiger partial charge in [0.15, 0.2) is 5.65 Å². The number of fused-ring (bicyclic) bond motifs is 2. The van der Waals surface area contributed by atoms with Crippen molar-refractivity contribution in [1.82, 2.24) is 19.9 Å². The smallest absolute Gasteiger partial charge is 0.320 e. The van der Waals surface area contributed by atoms with Crippen LogP contribution in [0.2, 0.25) is 0 Å². The molecule has 128 valence electrons. The maximum absolute atomic E-state index is 12.5. The summed E-state index contributed by atoms with van der Waals surface area (Å²) in [5, 5.41) is 10.3. The maximum atomic E-state index is 12.5. The van der Waals surface area contributed by atoms with Crippen molar-refractivity contribution < 1.29 is 9.53 Å². The number of nitrogens with one attached hydrogen (secondary N) is 2. The third-order valence-electron chi connectivity index (χ3n) is 4.22. The van der Waals surface area contributed by atoms with Crippen molar-refractivity contribution in [2.24, 2.45) is 0 Å². The molecule has 0 radical (unpaired) electrons. The molecule has 2 N–H and O–H groups in total. The number of aromatic nitrogens is 3. The van der Waals surface area contributed by atoms with Gasteiger partial charge in [0.25, 0.3) is 0 Å². The van der Waals surface area contributed by atoms with E-state index in [1.807, 2.05) is 37.3 Å². The topological polar surface area (TPSA) is 80.5 Å². The van der Waals surface area contributed by atoms with Crippen LogP contribution in [0.15, 0.2) is 42.6 Å². The fourth-order valence-corrected chi connectivity index (χ4v) is 3.09. The largest absolute Gasteiger partial charge is 0.493 e. The molecule has 1 atom stereocenters. The van der Waals surface area contributed by atoms with E-state index in [-0.39, 0.29) is 12.1 Å². The molecule has 25 heavy (non-hydrogen) atoms. The zero-order valence-corrected chi connectivity index (χ0v) is 13.9. The molecule has 0 bridgehead atoms. The number of carbonyl (C=O) groups excluding carboxylic acids is 1. The van der Waals surface area contributed by atoms with Crippen LogP contribution < -0.4 is 15.4 Å². The van der Waals surface area contributed by atoms with Gasteiger partial charge >= 0.3 is 6.03 Å². The van der Waals surface area contributed by atoms with Crippen molar-refractivity contribution in [3.05, 3.63) is 53.9 Å². The van der Waals surface area contributed by atoms with Gasteiger partial charge in [-0.3, -0.25) is 5.32 Å². The Hall–Kier alpha value is -3.09. The molecule has 0 spiro atoms. The molecule has 3 aromatic rings. The van der Waals surface area contributed by atoms with E-state index < -0.39 is 0 Å². The summed E-state index contributed by atoms with van der Waals surface area (Å²) in [5.41, 5.74) is 2.55. The van der Waals surface area contributed by atoms with Gasteiger partial charge in [-0.25, -0.2) is 9.78 Å². The number of anilines is 1. The number of para-hydroxylation sites is 1. The highest BCUT2D eigenvalue weighted by atomic mass is 16.5. The normalized spacial score (nSPS) is 16.6. The minimum atomic E-state index is -0.276. The summed E-state index contributed by atoms with van der Waals surface area (Å²) in [4.78, 5) is 16.8. The molecule has 1 aliphatic heterocycles. The van der Waals surface area contributed by atoms with E-state index in [0.29, 0.717) is 18.1 Å². The summed E-state index contributed by atoms with van der Waals surface area (Å²) >= 11 is 0. The van der Waals surface area contributed by atoms with Gasteiger partial charge in [0.2, 0.25) is 0 Å². The number of aryl methyl sites for hydroxylation is 1. The molecule has 4 rings (SSSR count). The lowest BCUT2D eigenvalue weighted by Crippen LogP contribution is -2.33. The minimum Gasteiger partial charge on any atom is -0.493 e. The highest BCUT2D eigenvalue weighted by Crippen LogP contribution is 2.31. The average Bonchev–Trinajstić information content (AvgIpc) is 2.88. The molecule has 1 aliphatic rings. The number of rotatable bonds is 2. The van der Waals surface area contributed by atoms with Crippen LogP contribution in [0.25, 0.3) is 5.65 Å². The molecular weight excluding hydrogens is 318 g/mol. The van der Waals surface area contributed by atoms with E-state index in [2.05, 4.69) is 20.7 Å². The average molecular weight is 337 g/mol. The first-order valence-electron chi connectivity index (χ1n) is 8.31. The Labute approximate surface area is 145 Å². The van der Waals surface area contributed by atoms with Gasteiger partial charge in [-0.05, 0) is 31.9 Å². The Morgan fingerprint density at radius 2 is 2.20 bits per heavy atom. The highest BCUT2D eigenvalue weighted by Gasteiger charge is 2.21. The second-order valence-electron chi connectivity index (χ2n) is 6.07. The lowest BCUT2D eigenvalue weighted by molar-refractivity contribution is 0.247. The molecule has 0 saturated heterocycles. The van der Waals surface area contributed by atoms with Crippen LogP contribution in [-0.4, -0.2) is 27.2 Å². The van der Waals surface area contributed by atoms with Crippen molar-refractivity contribution in [2.45, 2.75) is 25.8 Å². The summed E-state index contributed by atoms with van der Waals surface area (Å²) in [5.74, 6) is 1.41. The zero-order valence-electron chi connectivity index (χ0n) is 13.9. The van der Waals surface area contributed by atoms with Gasteiger partial charge in [-0.2, -0.15) is 9.61 Å². The van der Waals surface area contributed by atoms with E-state index in [1.165, 1.54) is 0 Å². The third-order valence-corrected chi connectivity index (χ3v) is 4.22. The number of carbonyl (C=O) groups is 1.